The molecule has 7 nitrogen and oxygen atoms in total. The van der Waals surface area contributed by atoms with Gasteiger partial charge in [-0.2, -0.15) is 0 Å². The first-order valence-electron chi connectivity index (χ1n) is 11.6. The fourth-order valence-corrected chi connectivity index (χ4v) is 4.92. The van der Waals surface area contributed by atoms with Crippen LogP contribution in [-0.2, 0) is 14.4 Å². The molecule has 0 bridgehead atoms. The minimum atomic E-state index is -1.66. The van der Waals surface area contributed by atoms with Gasteiger partial charge in [0.25, 0.3) is 0 Å². The Morgan fingerprint density at radius 1 is 0.886 bits per heavy atom. The zero-order valence-electron chi connectivity index (χ0n) is 20.0. The van der Waals surface area contributed by atoms with Crippen molar-refractivity contribution in [2.45, 2.75) is 38.7 Å². The van der Waals surface area contributed by atoms with E-state index in [0.29, 0.717) is 16.9 Å². The molecule has 0 aliphatic heterocycles. The molecule has 1 aromatic heterocycles. The summed E-state index contributed by atoms with van der Waals surface area (Å²) in [6, 6.07) is 18.0. The van der Waals surface area contributed by atoms with Crippen molar-refractivity contribution in [1.29, 1.82) is 0 Å². The van der Waals surface area contributed by atoms with E-state index in [9.17, 15) is 19.5 Å². The number of pyridine rings is 1. The van der Waals surface area contributed by atoms with Gasteiger partial charge in [-0.05, 0) is 61.7 Å². The molecule has 4 rings (SSSR count). The van der Waals surface area contributed by atoms with E-state index >= 15 is 0 Å². The van der Waals surface area contributed by atoms with Gasteiger partial charge in [-0.25, -0.2) is 0 Å². The molecule has 1 aliphatic rings. The highest BCUT2D eigenvalue weighted by Crippen LogP contribution is 2.46. The molecule has 35 heavy (non-hydrogen) atoms. The summed E-state index contributed by atoms with van der Waals surface area (Å²) in [5.74, 6) is -4.48. The van der Waals surface area contributed by atoms with Gasteiger partial charge in [-0.1, -0.05) is 36.4 Å². The number of hydrogen-bond acceptors (Lipinski definition) is 5. The highest BCUT2D eigenvalue weighted by molar-refractivity contribution is 6.10. The Morgan fingerprint density at radius 3 is 1.94 bits per heavy atom. The lowest BCUT2D eigenvalue weighted by molar-refractivity contribution is -0.150. The van der Waals surface area contributed by atoms with Crippen LogP contribution in [0.25, 0.3) is 0 Å². The summed E-state index contributed by atoms with van der Waals surface area (Å²) < 4.78 is 0. The van der Waals surface area contributed by atoms with E-state index in [1.165, 1.54) is 6.92 Å². The summed E-state index contributed by atoms with van der Waals surface area (Å²) in [6.07, 6.45) is 2.79. The molecule has 7 heteroatoms. The maximum absolute atomic E-state index is 13.7. The Labute approximate surface area is 204 Å². The van der Waals surface area contributed by atoms with Gasteiger partial charge >= 0.3 is 0 Å². The number of rotatable bonds is 5. The maximum Gasteiger partial charge on any atom is 0.235 e. The lowest BCUT2D eigenvalue weighted by Gasteiger charge is -2.44. The van der Waals surface area contributed by atoms with Gasteiger partial charge in [0.05, 0.1) is 11.5 Å². The van der Waals surface area contributed by atoms with Crippen LogP contribution < -0.4 is 10.6 Å². The smallest absolute Gasteiger partial charge is 0.235 e. The van der Waals surface area contributed by atoms with E-state index in [2.05, 4.69) is 15.6 Å². The molecule has 0 unspecified atom stereocenters. The molecule has 4 atom stereocenters. The van der Waals surface area contributed by atoms with Gasteiger partial charge in [-0.15, -0.1) is 0 Å². The number of anilines is 2. The molecule has 2 aromatic carbocycles. The van der Waals surface area contributed by atoms with Gasteiger partial charge in [0, 0.05) is 36.1 Å². The Kier molecular flexibility index (Phi) is 6.80. The van der Waals surface area contributed by atoms with E-state index < -0.39 is 41.0 Å². The average Bonchev–Trinajstić information content (AvgIpc) is 2.81. The third kappa shape index (κ3) is 5.00. The van der Waals surface area contributed by atoms with Gasteiger partial charge in [0.15, 0.2) is 0 Å². The van der Waals surface area contributed by atoms with E-state index in [1.54, 1.807) is 42.7 Å². The van der Waals surface area contributed by atoms with E-state index in [1.807, 2.05) is 44.2 Å². The minimum absolute atomic E-state index is 0.313. The second kappa shape index (κ2) is 9.80. The first-order chi connectivity index (χ1) is 16.7. The van der Waals surface area contributed by atoms with Crippen molar-refractivity contribution in [2.75, 3.05) is 10.6 Å². The number of amides is 2. The van der Waals surface area contributed by atoms with E-state index in [4.69, 9.17) is 0 Å². The fraction of sp³-hybridized carbons (Fsp3) is 0.286. The predicted molar refractivity (Wildman–Crippen MR) is 134 cm³/mol. The van der Waals surface area contributed by atoms with Crippen LogP contribution in [0.4, 0.5) is 11.4 Å². The van der Waals surface area contributed by atoms with Crippen LogP contribution in [0, 0.1) is 25.7 Å². The van der Waals surface area contributed by atoms with Crippen LogP contribution in [-0.4, -0.2) is 33.3 Å². The highest BCUT2D eigenvalue weighted by atomic mass is 16.3. The van der Waals surface area contributed by atoms with Crippen molar-refractivity contribution in [3.05, 3.63) is 89.7 Å². The number of hydrogen-bond donors (Lipinski definition) is 3. The number of nitrogens with zero attached hydrogens (tertiary/aromatic N) is 1. The molecular weight excluding hydrogens is 442 g/mol. The first kappa shape index (κ1) is 24.3. The molecule has 2 amide bonds. The summed E-state index contributed by atoms with van der Waals surface area (Å²) in [5.41, 5.74) is 1.85. The third-order valence-electron chi connectivity index (χ3n) is 6.73. The molecule has 1 saturated carbocycles. The van der Waals surface area contributed by atoms with Crippen molar-refractivity contribution < 1.29 is 19.5 Å². The Hall–Kier alpha value is -3.84. The lowest BCUT2D eigenvalue weighted by atomic mass is 9.61. The number of carbonyl (C=O) groups excluding carboxylic acids is 3. The molecule has 1 heterocycles. The largest absolute Gasteiger partial charge is 0.389 e. The molecule has 0 saturated heterocycles. The Morgan fingerprint density at radius 2 is 1.40 bits per heavy atom. The molecular formula is C28H29N3O4. The maximum atomic E-state index is 13.7. The lowest BCUT2D eigenvalue weighted by Crippen LogP contribution is -2.56. The molecule has 0 spiro atoms. The Balaban J connectivity index is 1.76. The molecule has 3 N–H and O–H groups in total. The van der Waals surface area contributed by atoms with Crippen molar-refractivity contribution in [1.82, 2.24) is 4.98 Å². The summed E-state index contributed by atoms with van der Waals surface area (Å²) in [7, 11) is 0. The van der Waals surface area contributed by atoms with Gasteiger partial charge in [0.1, 0.15) is 11.7 Å². The van der Waals surface area contributed by atoms with E-state index in [0.717, 1.165) is 11.1 Å². The van der Waals surface area contributed by atoms with Crippen molar-refractivity contribution >= 4 is 29.0 Å². The summed E-state index contributed by atoms with van der Waals surface area (Å²) in [6.45, 7) is 5.22. The van der Waals surface area contributed by atoms with Gasteiger partial charge in [0.2, 0.25) is 11.8 Å². The van der Waals surface area contributed by atoms with Crippen LogP contribution in [0.3, 0.4) is 0 Å². The van der Waals surface area contributed by atoms with E-state index in [-0.39, 0.29) is 6.42 Å². The van der Waals surface area contributed by atoms with Crippen LogP contribution >= 0.6 is 0 Å². The molecule has 1 aliphatic carbocycles. The number of para-hydroxylation sites is 2. The quantitative estimate of drug-likeness (QED) is 0.487. The molecule has 0 radical (unpaired) electrons. The monoisotopic (exact) mass is 471 g/mol. The molecule has 3 aromatic rings. The van der Waals surface area contributed by atoms with Crippen LogP contribution in [0.15, 0.2) is 73.1 Å². The minimum Gasteiger partial charge on any atom is -0.389 e. The van der Waals surface area contributed by atoms with Crippen molar-refractivity contribution in [3.8, 4) is 0 Å². The van der Waals surface area contributed by atoms with Crippen molar-refractivity contribution in [3.63, 3.8) is 0 Å². The predicted octanol–water partition coefficient (Wildman–Crippen LogP) is 4.02. The fourth-order valence-electron chi connectivity index (χ4n) is 4.92. The van der Waals surface area contributed by atoms with Crippen LogP contribution in [0.1, 0.15) is 36.0 Å². The average molecular weight is 472 g/mol. The number of benzene rings is 2. The van der Waals surface area contributed by atoms with Gasteiger partial charge in [-0.3, -0.25) is 19.4 Å². The number of ketones is 1. The topological polar surface area (TPSA) is 108 Å². The zero-order chi connectivity index (χ0) is 25.2. The summed E-state index contributed by atoms with van der Waals surface area (Å²) >= 11 is 0. The van der Waals surface area contributed by atoms with Gasteiger partial charge < -0.3 is 15.7 Å². The standard InChI is InChI=1S/C28H29N3O4/c1-17-8-4-6-10-20(17)30-26(33)24-22(32)16-28(3,35)25(23(24)19-12-14-29-15-13-19)27(34)31-21-11-7-5-9-18(21)2/h4-15,23-25,35H,16H2,1-3H3,(H,30,33)(H,31,34)/t23-,24-,25+,28+/m1/s1. The molecule has 180 valence electrons. The second-order valence-corrected chi connectivity index (χ2v) is 9.37. The summed E-state index contributed by atoms with van der Waals surface area (Å²) in [5, 5.41) is 17.1. The number of aliphatic hydroxyl groups is 1. The first-order valence-corrected chi connectivity index (χ1v) is 11.6. The molecule has 1 fully saturated rings. The number of aromatic nitrogens is 1. The van der Waals surface area contributed by atoms with Crippen LogP contribution in [0.5, 0.6) is 0 Å². The Bertz CT molecular complexity index is 1260. The third-order valence-corrected chi connectivity index (χ3v) is 6.73. The highest BCUT2D eigenvalue weighted by Gasteiger charge is 2.55. The second-order valence-electron chi connectivity index (χ2n) is 9.37. The SMILES string of the molecule is Cc1ccccc1NC(=O)[C@@H]1C(=O)C[C@](C)(O)[C@H](C(=O)Nc2ccccc2C)[C@@H]1c1ccncc1. The number of nitrogens with one attached hydrogen (secondary N) is 2. The van der Waals surface area contributed by atoms with Crippen LogP contribution in [0.2, 0.25) is 0 Å². The zero-order valence-corrected chi connectivity index (χ0v) is 20.0. The normalized spacial score (nSPS) is 24.0. The summed E-state index contributed by atoms with van der Waals surface area (Å²) in [4.78, 5) is 44.6. The number of Topliss-reactive ketones (excluding diaryl/α,β-unsaturated/α-hetero) is 1. The number of carbonyl (C=O) groups is 3. The van der Waals surface area contributed by atoms with Crippen molar-refractivity contribution in [2.24, 2.45) is 11.8 Å². The number of aryl methyl sites for hydroxylation is 2.